The van der Waals surface area contributed by atoms with Crippen molar-refractivity contribution in [3.05, 3.63) is 36.0 Å². The Morgan fingerprint density at radius 3 is 3.08 bits per heavy atom. The van der Waals surface area contributed by atoms with E-state index in [1.165, 1.54) is 5.57 Å². The summed E-state index contributed by atoms with van der Waals surface area (Å²) in [4.78, 5) is 2.26. The minimum Gasteiger partial charge on any atom is -0.388 e. The Morgan fingerprint density at radius 1 is 1.46 bits per heavy atom. The van der Waals surface area contributed by atoms with Crippen molar-refractivity contribution in [2.75, 3.05) is 19.6 Å². The highest BCUT2D eigenvalue weighted by molar-refractivity contribution is 5.27. The van der Waals surface area contributed by atoms with Gasteiger partial charge >= 0.3 is 0 Å². The fourth-order valence-electron chi connectivity index (χ4n) is 1.78. The molecule has 13 heavy (non-hydrogen) atoms. The number of β-amino-alcohol motifs (C(OH)–C–C–N with tert-alkyl or cyclic N) is 1. The van der Waals surface area contributed by atoms with Crippen LogP contribution in [0.4, 0.5) is 0 Å². The van der Waals surface area contributed by atoms with E-state index in [1.807, 2.05) is 12.2 Å². The van der Waals surface area contributed by atoms with E-state index in [1.54, 1.807) is 0 Å². The third-order valence-electron chi connectivity index (χ3n) is 2.42. The number of hydrogen-bond acceptors (Lipinski definition) is 2. The van der Waals surface area contributed by atoms with Crippen LogP contribution in [0.5, 0.6) is 0 Å². The van der Waals surface area contributed by atoms with Gasteiger partial charge in [-0.2, -0.15) is 0 Å². The molecule has 0 aromatic rings. The molecule has 1 heterocycles. The van der Waals surface area contributed by atoms with Crippen molar-refractivity contribution >= 4 is 0 Å². The summed E-state index contributed by atoms with van der Waals surface area (Å²) in [5.41, 5.74) is 1.38. The molecule has 2 heteroatoms. The zero-order valence-electron chi connectivity index (χ0n) is 7.69. The van der Waals surface area contributed by atoms with Gasteiger partial charge in [-0.3, -0.25) is 4.90 Å². The van der Waals surface area contributed by atoms with Crippen LogP contribution in [0.3, 0.4) is 0 Å². The highest BCUT2D eigenvalue weighted by Crippen LogP contribution is 2.12. The average molecular weight is 177 g/mol. The molecule has 2 nitrogen and oxygen atoms in total. The lowest BCUT2D eigenvalue weighted by Crippen LogP contribution is -2.36. The van der Waals surface area contributed by atoms with E-state index in [0.717, 1.165) is 26.1 Å². The second-order valence-electron chi connectivity index (χ2n) is 3.61. The van der Waals surface area contributed by atoms with E-state index in [0.29, 0.717) is 0 Å². The lowest BCUT2D eigenvalue weighted by Gasteiger charge is -2.26. The quantitative estimate of drug-likeness (QED) is 0.639. The smallest absolute Gasteiger partial charge is 0.0848 e. The summed E-state index contributed by atoms with van der Waals surface area (Å²) in [6.07, 6.45) is 11.3. The van der Waals surface area contributed by atoms with Crippen LogP contribution in [0.25, 0.3) is 0 Å². The summed E-state index contributed by atoms with van der Waals surface area (Å²) < 4.78 is 0. The number of nitrogens with zero attached hydrogens (tertiary/aromatic N) is 1. The Hall–Kier alpha value is -0.860. The molecule has 70 valence electrons. The lowest BCUT2D eigenvalue weighted by atomic mass is 10.2. The van der Waals surface area contributed by atoms with Gasteiger partial charge in [0.1, 0.15) is 0 Å². The highest BCUT2D eigenvalue weighted by Gasteiger charge is 2.13. The Balaban J connectivity index is 1.88. The molecule has 1 unspecified atom stereocenters. The molecule has 0 radical (unpaired) electrons. The molecule has 0 spiro atoms. The molecule has 0 bridgehead atoms. The molecule has 1 aliphatic heterocycles. The van der Waals surface area contributed by atoms with Crippen LogP contribution in [0, 0.1) is 0 Å². The average Bonchev–Trinajstić information content (AvgIpc) is 2.57. The predicted octanol–water partition coefficient (Wildman–Crippen LogP) is 1.11. The topological polar surface area (TPSA) is 23.5 Å². The van der Waals surface area contributed by atoms with Crippen LogP contribution in [0.2, 0.25) is 0 Å². The molecule has 0 aromatic heterocycles. The van der Waals surface area contributed by atoms with Crippen molar-refractivity contribution in [1.29, 1.82) is 0 Å². The van der Waals surface area contributed by atoms with Gasteiger partial charge in [-0.1, -0.05) is 30.4 Å². The molecule has 0 aromatic carbocycles. The van der Waals surface area contributed by atoms with E-state index in [9.17, 15) is 5.11 Å². The van der Waals surface area contributed by atoms with Gasteiger partial charge in [-0.25, -0.2) is 0 Å². The summed E-state index contributed by atoms with van der Waals surface area (Å²) in [5.74, 6) is 0. The van der Waals surface area contributed by atoms with Gasteiger partial charge < -0.3 is 5.11 Å². The number of aliphatic hydroxyl groups is 1. The fourth-order valence-corrected chi connectivity index (χ4v) is 1.78. The van der Waals surface area contributed by atoms with Crippen LogP contribution >= 0.6 is 0 Å². The van der Waals surface area contributed by atoms with Gasteiger partial charge in [0.15, 0.2) is 0 Å². The normalized spacial score (nSPS) is 28.1. The van der Waals surface area contributed by atoms with E-state index in [2.05, 4.69) is 23.1 Å². The molecule has 0 saturated heterocycles. The third-order valence-corrected chi connectivity index (χ3v) is 2.42. The molecule has 0 amide bonds. The molecule has 1 atom stereocenters. The standard InChI is InChI=1S/C11H15NO/c13-11-6-3-7-12(9-11)8-10-4-1-2-5-10/h1,3-6,11,13H,2,7-9H2. The van der Waals surface area contributed by atoms with Crippen LogP contribution in [0.15, 0.2) is 36.0 Å². The highest BCUT2D eigenvalue weighted by atomic mass is 16.3. The number of allylic oxidation sites excluding steroid dienone is 2. The molecule has 1 aliphatic carbocycles. The molecule has 1 N–H and O–H groups in total. The summed E-state index contributed by atoms with van der Waals surface area (Å²) in [6.45, 7) is 2.70. The number of aliphatic hydroxyl groups excluding tert-OH is 1. The minimum absolute atomic E-state index is 0.278. The van der Waals surface area contributed by atoms with Crippen LogP contribution < -0.4 is 0 Å². The molecule has 0 fully saturated rings. The largest absolute Gasteiger partial charge is 0.388 e. The molecular formula is C11H15NO. The molecular weight excluding hydrogens is 162 g/mol. The van der Waals surface area contributed by atoms with Gasteiger partial charge in [0.25, 0.3) is 0 Å². The lowest BCUT2D eigenvalue weighted by molar-refractivity contribution is 0.151. The zero-order chi connectivity index (χ0) is 9.10. The van der Waals surface area contributed by atoms with Crippen molar-refractivity contribution in [1.82, 2.24) is 4.90 Å². The first-order valence-corrected chi connectivity index (χ1v) is 4.77. The van der Waals surface area contributed by atoms with E-state index in [4.69, 9.17) is 0 Å². The molecule has 0 saturated carbocycles. The van der Waals surface area contributed by atoms with E-state index >= 15 is 0 Å². The van der Waals surface area contributed by atoms with Gasteiger partial charge in [0.2, 0.25) is 0 Å². The van der Waals surface area contributed by atoms with E-state index < -0.39 is 0 Å². The first-order valence-electron chi connectivity index (χ1n) is 4.77. The van der Waals surface area contributed by atoms with Crippen molar-refractivity contribution in [3.63, 3.8) is 0 Å². The molecule has 2 aliphatic rings. The summed E-state index contributed by atoms with van der Waals surface area (Å²) in [6, 6.07) is 0. The second-order valence-corrected chi connectivity index (χ2v) is 3.61. The summed E-state index contributed by atoms with van der Waals surface area (Å²) in [7, 11) is 0. The van der Waals surface area contributed by atoms with Crippen LogP contribution in [-0.4, -0.2) is 35.7 Å². The van der Waals surface area contributed by atoms with Gasteiger partial charge in [0, 0.05) is 19.6 Å². The maximum absolute atomic E-state index is 9.39. The maximum Gasteiger partial charge on any atom is 0.0848 e. The fraction of sp³-hybridized carbons (Fsp3) is 0.455. The predicted molar refractivity (Wildman–Crippen MR) is 53.4 cm³/mol. The first kappa shape index (κ1) is 8.73. The second kappa shape index (κ2) is 3.90. The van der Waals surface area contributed by atoms with Crippen LogP contribution in [-0.2, 0) is 0 Å². The first-order chi connectivity index (χ1) is 6.34. The number of hydrogen-bond donors (Lipinski definition) is 1. The Labute approximate surface area is 78.9 Å². The zero-order valence-corrected chi connectivity index (χ0v) is 7.69. The minimum atomic E-state index is -0.278. The van der Waals surface area contributed by atoms with Crippen molar-refractivity contribution in [2.24, 2.45) is 0 Å². The van der Waals surface area contributed by atoms with Gasteiger partial charge in [-0.05, 0) is 12.0 Å². The Morgan fingerprint density at radius 2 is 2.38 bits per heavy atom. The number of rotatable bonds is 2. The third kappa shape index (κ3) is 2.29. The SMILES string of the molecule is OC1C=CCN(CC2=CCC=C2)C1. The Kier molecular flexibility index (Phi) is 2.62. The van der Waals surface area contributed by atoms with Crippen molar-refractivity contribution < 1.29 is 5.11 Å². The van der Waals surface area contributed by atoms with Crippen molar-refractivity contribution in [3.8, 4) is 0 Å². The van der Waals surface area contributed by atoms with E-state index in [-0.39, 0.29) is 6.10 Å². The van der Waals surface area contributed by atoms with Crippen LogP contribution in [0.1, 0.15) is 6.42 Å². The maximum atomic E-state index is 9.39. The monoisotopic (exact) mass is 177 g/mol. The van der Waals surface area contributed by atoms with Gasteiger partial charge in [-0.15, -0.1) is 0 Å². The van der Waals surface area contributed by atoms with Gasteiger partial charge in [0.05, 0.1) is 6.10 Å². The molecule has 2 rings (SSSR count). The summed E-state index contributed by atoms with van der Waals surface area (Å²) >= 11 is 0. The van der Waals surface area contributed by atoms with Crippen molar-refractivity contribution in [2.45, 2.75) is 12.5 Å². The Bertz CT molecular complexity index is 265. The summed E-state index contributed by atoms with van der Waals surface area (Å²) in [5, 5.41) is 9.39.